The Balaban J connectivity index is 2.00. The lowest BCUT2D eigenvalue weighted by atomic mass is 10.2. The fourth-order valence-corrected chi connectivity index (χ4v) is 1.32. The van der Waals surface area contributed by atoms with Crippen LogP contribution in [0.5, 0.6) is 0 Å². The molecule has 0 radical (unpaired) electrons. The summed E-state index contributed by atoms with van der Waals surface area (Å²) in [6, 6.07) is 9.62. The molecule has 1 aliphatic rings. The van der Waals surface area contributed by atoms with Gasteiger partial charge in [-0.1, -0.05) is 30.0 Å². The maximum Gasteiger partial charge on any atom is 0.307 e. The van der Waals surface area contributed by atoms with E-state index >= 15 is 0 Å². The second-order valence-electron chi connectivity index (χ2n) is 3.42. The molecule has 2 atom stereocenters. The predicted molar refractivity (Wildman–Crippen MR) is 52.6 cm³/mol. The molecule has 1 N–H and O–H groups in total. The summed E-state index contributed by atoms with van der Waals surface area (Å²) in [6.45, 7) is 0. The fourth-order valence-electron chi connectivity index (χ4n) is 1.32. The van der Waals surface area contributed by atoms with E-state index in [1.54, 1.807) is 0 Å². The molecule has 14 heavy (non-hydrogen) atoms. The Morgan fingerprint density at radius 2 is 2.07 bits per heavy atom. The van der Waals surface area contributed by atoms with Crippen molar-refractivity contribution < 1.29 is 9.90 Å². The third-order valence-corrected chi connectivity index (χ3v) is 2.28. The molecule has 1 aliphatic carbocycles. The number of hydrogen-bond acceptors (Lipinski definition) is 1. The second kappa shape index (κ2) is 3.55. The zero-order valence-corrected chi connectivity index (χ0v) is 7.60. The van der Waals surface area contributed by atoms with Gasteiger partial charge in [-0.15, -0.1) is 0 Å². The van der Waals surface area contributed by atoms with Gasteiger partial charge in [-0.25, -0.2) is 0 Å². The van der Waals surface area contributed by atoms with Gasteiger partial charge in [-0.2, -0.15) is 0 Å². The van der Waals surface area contributed by atoms with E-state index < -0.39 is 5.97 Å². The molecular weight excluding hydrogens is 176 g/mol. The van der Waals surface area contributed by atoms with Gasteiger partial charge >= 0.3 is 5.97 Å². The Bertz CT molecular complexity index is 397. The zero-order valence-electron chi connectivity index (χ0n) is 7.60. The first-order valence-electron chi connectivity index (χ1n) is 4.57. The first-order valence-corrected chi connectivity index (χ1v) is 4.57. The standard InChI is InChI=1S/C12H10O2/c13-12(14)11-8-10(11)7-6-9-4-2-1-3-5-9/h1-5,10-11H,8H2,(H,13,14)/t10-,11-/m1/s1. The molecule has 1 aromatic rings. The summed E-state index contributed by atoms with van der Waals surface area (Å²) < 4.78 is 0. The molecule has 0 saturated heterocycles. The third kappa shape index (κ3) is 1.94. The highest BCUT2D eigenvalue weighted by atomic mass is 16.4. The average molecular weight is 186 g/mol. The Labute approximate surface area is 82.6 Å². The largest absolute Gasteiger partial charge is 0.481 e. The van der Waals surface area contributed by atoms with Crippen LogP contribution in [0.4, 0.5) is 0 Å². The molecule has 2 nitrogen and oxygen atoms in total. The monoisotopic (exact) mass is 186 g/mol. The molecule has 2 heteroatoms. The van der Waals surface area contributed by atoms with E-state index in [2.05, 4.69) is 11.8 Å². The van der Waals surface area contributed by atoms with Crippen molar-refractivity contribution in [3.63, 3.8) is 0 Å². The van der Waals surface area contributed by atoms with Crippen molar-refractivity contribution >= 4 is 5.97 Å². The summed E-state index contributed by atoms with van der Waals surface area (Å²) in [5.41, 5.74) is 0.948. The van der Waals surface area contributed by atoms with Crippen LogP contribution in [0.15, 0.2) is 30.3 Å². The highest BCUT2D eigenvalue weighted by Gasteiger charge is 2.42. The van der Waals surface area contributed by atoms with Crippen LogP contribution in [0.25, 0.3) is 0 Å². The Hall–Kier alpha value is -1.75. The molecule has 1 saturated carbocycles. The summed E-state index contributed by atoms with van der Waals surface area (Å²) in [4.78, 5) is 10.5. The second-order valence-corrected chi connectivity index (χ2v) is 3.42. The van der Waals surface area contributed by atoms with Crippen molar-refractivity contribution in [1.82, 2.24) is 0 Å². The van der Waals surface area contributed by atoms with Crippen molar-refractivity contribution in [1.29, 1.82) is 0 Å². The van der Waals surface area contributed by atoms with Gasteiger partial charge < -0.3 is 5.11 Å². The quantitative estimate of drug-likeness (QED) is 0.678. The lowest BCUT2D eigenvalue weighted by Crippen LogP contribution is -1.98. The molecule has 0 spiro atoms. The smallest absolute Gasteiger partial charge is 0.307 e. The molecule has 0 unspecified atom stereocenters. The lowest BCUT2D eigenvalue weighted by Gasteiger charge is -1.86. The van der Waals surface area contributed by atoms with Gasteiger partial charge in [0.15, 0.2) is 0 Å². The molecule has 0 amide bonds. The van der Waals surface area contributed by atoms with E-state index in [0.717, 1.165) is 5.56 Å². The van der Waals surface area contributed by atoms with Crippen molar-refractivity contribution in [3.05, 3.63) is 35.9 Å². The van der Waals surface area contributed by atoms with E-state index in [0.29, 0.717) is 6.42 Å². The summed E-state index contributed by atoms with van der Waals surface area (Å²) in [5, 5.41) is 8.65. The number of aliphatic carboxylic acids is 1. The maximum absolute atomic E-state index is 10.5. The van der Waals surface area contributed by atoms with Gasteiger partial charge in [-0.3, -0.25) is 4.79 Å². The van der Waals surface area contributed by atoms with Gasteiger partial charge in [-0.05, 0) is 18.6 Å². The van der Waals surface area contributed by atoms with E-state index in [1.807, 2.05) is 30.3 Å². The minimum Gasteiger partial charge on any atom is -0.481 e. The van der Waals surface area contributed by atoms with E-state index in [9.17, 15) is 4.79 Å². The number of carboxylic acid groups (broad SMARTS) is 1. The molecule has 1 aromatic carbocycles. The molecule has 2 rings (SSSR count). The third-order valence-electron chi connectivity index (χ3n) is 2.28. The molecule has 0 aromatic heterocycles. The van der Waals surface area contributed by atoms with Crippen molar-refractivity contribution in [2.45, 2.75) is 6.42 Å². The van der Waals surface area contributed by atoms with Gasteiger partial charge in [0.1, 0.15) is 0 Å². The first kappa shape index (κ1) is 8.83. The highest BCUT2D eigenvalue weighted by Crippen LogP contribution is 2.37. The average Bonchev–Trinajstić information content (AvgIpc) is 2.96. The minimum absolute atomic E-state index is 0.0627. The first-order chi connectivity index (χ1) is 6.77. The van der Waals surface area contributed by atoms with Crippen molar-refractivity contribution in [3.8, 4) is 11.8 Å². The van der Waals surface area contributed by atoms with Gasteiger partial charge in [0.05, 0.1) is 5.92 Å². The van der Waals surface area contributed by atoms with Crippen LogP contribution in [0.1, 0.15) is 12.0 Å². The topological polar surface area (TPSA) is 37.3 Å². The number of hydrogen-bond donors (Lipinski definition) is 1. The zero-order chi connectivity index (χ0) is 9.97. The van der Waals surface area contributed by atoms with Crippen LogP contribution < -0.4 is 0 Å². The van der Waals surface area contributed by atoms with Crippen LogP contribution in [0.2, 0.25) is 0 Å². The molecule has 0 bridgehead atoms. The lowest BCUT2D eigenvalue weighted by molar-refractivity contribution is -0.138. The van der Waals surface area contributed by atoms with Crippen LogP contribution in [0, 0.1) is 23.7 Å². The number of carbonyl (C=O) groups is 1. The Kier molecular flexibility index (Phi) is 2.24. The van der Waals surface area contributed by atoms with E-state index in [1.165, 1.54) is 0 Å². The summed E-state index contributed by atoms with van der Waals surface area (Å²) in [5.74, 6) is 5.06. The normalized spacial score (nSPS) is 23.4. The summed E-state index contributed by atoms with van der Waals surface area (Å²) in [6.07, 6.45) is 0.704. The minimum atomic E-state index is -0.725. The summed E-state index contributed by atoms with van der Waals surface area (Å²) in [7, 11) is 0. The van der Waals surface area contributed by atoms with Crippen LogP contribution in [0.3, 0.4) is 0 Å². The summed E-state index contributed by atoms with van der Waals surface area (Å²) >= 11 is 0. The fraction of sp³-hybridized carbons (Fsp3) is 0.250. The van der Waals surface area contributed by atoms with Crippen molar-refractivity contribution in [2.24, 2.45) is 11.8 Å². The van der Waals surface area contributed by atoms with Crippen LogP contribution in [-0.2, 0) is 4.79 Å². The van der Waals surface area contributed by atoms with Crippen molar-refractivity contribution in [2.75, 3.05) is 0 Å². The van der Waals surface area contributed by atoms with E-state index in [-0.39, 0.29) is 11.8 Å². The highest BCUT2D eigenvalue weighted by molar-refractivity contribution is 5.74. The van der Waals surface area contributed by atoms with Crippen LogP contribution in [-0.4, -0.2) is 11.1 Å². The predicted octanol–water partition coefficient (Wildman–Crippen LogP) is 1.76. The molecule has 1 fully saturated rings. The van der Waals surface area contributed by atoms with Crippen LogP contribution >= 0.6 is 0 Å². The van der Waals surface area contributed by atoms with Gasteiger partial charge in [0.25, 0.3) is 0 Å². The van der Waals surface area contributed by atoms with E-state index in [4.69, 9.17) is 5.11 Å². The number of benzene rings is 1. The van der Waals surface area contributed by atoms with Gasteiger partial charge in [0, 0.05) is 11.5 Å². The molecule has 0 heterocycles. The number of rotatable bonds is 1. The SMILES string of the molecule is O=C(O)[C@@H]1C[C@H]1C#Cc1ccccc1. The Morgan fingerprint density at radius 1 is 1.36 bits per heavy atom. The van der Waals surface area contributed by atoms with Gasteiger partial charge in [0.2, 0.25) is 0 Å². The molecular formula is C12H10O2. The Morgan fingerprint density at radius 3 is 2.64 bits per heavy atom. The number of carboxylic acids is 1. The maximum atomic E-state index is 10.5. The molecule has 70 valence electrons. The molecule has 0 aliphatic heterocycles.